The zero-order valence-corrected chi connectivity index (χ0v) is 13.6. The van der Waals surface area contributed by atoms with Gasteiger partial charge < -0.3 is 13.8 Å². The standard InChI is InChI=1S/C19H17N3O2/c1-22(2)12-15-11-14-9-6-10-16(17(14)23-15)19-20-18(21-24-19)13-7-4-3-5-8-13/h3-11H,12H2,1-2H3. The second-order valence-corrected chi connectivity index (χ2v) is 5.96. The lowest BCUT2D eigenvalue weighted by Crippen LogP contribution is -2.09. The molecule has 2 aromatic carbocycles. The number of rotatable bonds is 4. The lowest BCUT2D eigenvalue weighted by molar-refractivity contribution is 0.358. The quantitative estimate of drug-likeness (QED) is 0.564. The molecule has 4 aromatic rings. The van der Waals surface area contributed by atoms with E-state index in [0.29, 0.717) is 11.7 Å². The molecule has 0 bridgehead atoms. The maximum atomic E-state index is 6.01. The molecule has 0 saturated heterocycles. The van der Waals surface area contributed by atoms with Gasteiger partial charge in [-0.15, -0.1) is 0 Å². The van der Waals surface area contributed by atoms with Gasteiger partial charge in [-0.05, 0) is 26.2 Å². The van der Waals surface area contributed by atoms with Crippen LogP contribution in [0.15, 0.2) is 63.5 Å². The summed E-state index contributed by atoms with van der Waals surface area (Å²) in [6.45, 7) is 0.743. The van der Waals surface area contributed by atoms with Crippen LogP contribution in [0.5, 0.6) is 0 Å². The highest BCUT2D eigenvalue weighted by Crippen LogP contribution is 2.31. The molecule has 24 heavy (non-hydrogen) atoms. The van der Waals surface area contributed by atoms with Gasteiger partial charge in [0, 0.05) is 10.9 Å². The Morgan fingerprint density at radius 2 is 1.83 bits per heavy atom. The van der Waals surface area contributed by atoms with E-state index in [-0.39, 0.29) is 0 Å². The lowest BCUT2D eigenvalue weighted by atomic mass is 10.1. The largest absolute Gasteiger partial charge is 0.459 e. The second-order valence-electron chi connectivity index (χ2n) is 5.96. The molecule has 2 heterocycles. The maximum absolute atomic E-state index is 6.01. The SMILES string of the molecule is CN(C)Cc1cc2cccc(-c3nc(-c4ccccc4)no3)c2o1. The van der Waals surface area contributed by atoms with Crippen molar-refractivity contribution in [2.24, 2.45) is 0 Å². The Hall–Kier alpha value is -2.92. The summed E-state index contributed by atoms with van der Waals surface area (Å²) in [5, 5.41) is 5.12. The van der Waals surface area contributed by atoms with Crippen molar-refractivity contribution in [1.29, 1.82) is 0 Å². The first kappa shape index (κ1) is 14.7. The minimum absolute atomic E-state index is 0.463. The summed E-state index contributed by atoms with van der Waals surface area (Å²) in [4.78, 5) is 6.59. The topological polar surface area (TPSA) is 55.3 Å². The molecule has 0 N–H and O–H groups in total. The van der Waals surface area contributed by atoms with Crippen LogP contribution in [0.4, 0.5) is 0 Å². The van der Waals surface area contributed by atoms with Crippen LogP contribution in [0.1, 0.15) is 5.76 Å². The van der Waals surface area contributed by atoms with Crippen LogP contribution in [0, 0.1) is 0 Å². The Labute approximate surface area is 139 Å². The summed E-state index contributed by atoms with van der Waals surface area (Å²) in [6, 6.07) is 17.8. The molecule has 0 amide bonds. The number of furan rings is 1. The number of benzene rings is 2. The van der Waals surface area contributed by atoms with E-state index in [9.17, 15) is 0 Å². The van der Waals surface area contributed by atoms with E-state index in [1.54, 1.807) is 0 Å². The van der Waals surface area contributed by atoms with Gasteiger partial charge in [-0.25, -0.2) is 0 Å². The van der Waals surface area contributed by atoms with Crippen LogP contribution in [0.2, 0.25) is 0 Å². The number of aromatic nitrogens is 2. The van der Waals surface area contributed by atoms with Crippen molar-refractivity contribution in [3.05, 3.63) is 60.4 Å². The van der Waals surface area contributed by atoms with Gasteiger partial charge in [-0.1, -0.05) is 47.6 Å². The monoisotopic (exact) mass is 319 g/mol. The Bertz CT molecular complexity index is 971. The van der Waals surface area contributed by atoms with Gasteiger partial charge in [0.1, 0.15) is 11.3 Å². The molecule has 0 aliphatic heterocycles. The fraction of sp³-hybridized carbons (Fsp3) is 0.158. The zero-order valence-electron chi connectivity index (χ0n) is 13.6. The van der Waals surface area contributed by atoms with Gasteiger partial charge in [-0.2, -0.15) is 4.98 Å². The molecule has 0 atom stereocenters. The fourth-order valence-corrected chi connectivity index (χ4v) is 2.71. The first-order valence-corrected chi connectivity index (χ1v) is 7.76. The minimum Gasteiger partial charge on any atom is -0.459 e. The van der Waals surface area contributed by atoms with E-state index in [4.69, 9.17) is 8.94 Å². The number of hydrogen-bond donors (Lipinski definition) is 0. The summed E-state index contributed by atoms with van der Waals surface area (Å²) in [7, 11) is 4.02. The van der Waals surface area contributed by atoms with Gasteiger partial charge in [0.25, 0.3) is 5.89 Å². The van der Waals surface area contributed by atoms with Gasteiger partial charge >= 0.3 is 0 Å². The average Bonchev–Trinajstić information content (AvgIpc) is 3.21. The van der Waals surface area contributed by atoms with Crippen molar-refractivity contribution < 1.29 is 8.94 Å². The Morgan fingerprint density at radius 3 is 2.62 bits per heavy atom. The highest BCUT2D eigenvalue weighted by atomic mass is 16.5. The third-order valence-corrected chi connectivity index (χ3v) is 3.76. The molecular formula is C19H17N3O2. The minimum atomic E-state index is 0.463. The van der Waals surface area contributed by atoms with Crippen molar-refractivity contribution in [2.45, 2.75) is 6.54 Å². The van der Waals surface area contributed by atoms with E-state index in [2.05, 4.69) is 15.0 Å². The molecule has 2 aromatic heterocycles. The summed E-state index contributed by atoms with van der Waals surface area (Å²) < 4.78 is 11.5. The van der Waals surface area contributed by atoms with Crippen molar-refractivity contribution in [1.82, 2.24) is 15.0 Å². The van der Waals surface area contributed by atoms with Crippen molar-refractivity contribution >= 4 is 11.0 Å². The van der Waals surface area contributed by atoms with E-state index >= 15 is 0 Å². The molecule has 4 rings (SSSR count). The number of fused-ring (bicyclic) bond motifs is 1. The van der Waals surface area contributed by atoms with Gasteiger partial charge in [0.05, 0.1) is 12.1 Å². The molecule has 0 spiro atoms. The molecular weight excluding hydrogens is 302 g/mol. The fourth-order valence-electron chi connectivity index (χ4n) is 2.71. The molecule has 0 aliphatic rings. The van der Waals surface area contributed by atoms with Crippen LogP contribution in [-0.2, 0) is 6.54 Å². The molecule has 0 unspecified atom stereocenters. The summed E-state index contributed by atoms with van der Waals surface area (Å²) in [6.07, 6.45) is 0. The molecule has 120 valence electrons. The van der Waals surface area contributed by atoms with E-state index < -0.39 is 0 Å². The molecule has 0 aliphatic carbocycles. The summed E-state index contributed by atoms with van der Waals surface area (Å²) in [5.74, 6) is 1.94. The molecule has 0 saturated carbocycles. The first-order valence-electron chi connectivity index (χ1n) is 7.76. The lowest BCUT2D eigenvalue weighted by Gasteiger charge is -2.05. The molecule has 0 radical (unpaired) electrons. The van der Waals surface area contributed by atoms with Crippen molar-refractivity contribution in [3.8, 4) is 22.8 Å². The number of para-hydroxylation sites is 1. The van der Waals surface area contributed by atoms with Crippen molar-refractivity contribution in [3.63, 3.8) is 0 Å². The van der Waals surface area contributed by atoms with Gasteiger partial charge in [0.15, 0.2) is 0 Å². The summed E-state index contributed by atoms with van der Waals surface area (Å²) in [5.41, 5.74) is 2.51. The zero-order chi connectivity index (χ0) is 16.5. The average molecular weight is 319 g/mol. The smallest absolute Gasteiger partial charge is 0.262 e. The molecule has 5 nitrogen and oxygen atoms in total. The van der Waals surface area contributed by atoms with E-state index in [1.165, 1.54) is 0 Å². The maximum Gasteiger partial charge on any atom is 0.262 e. The first-order chi connectivity index (χ1) is 11.7. The molecule has 5 heteroatoms. The van der Waals surface area contributed by atoms with Gasteiger partial charge in [0.2, 0.25) is 5.82 Å². The van der Waals surface area contributed by atoms with Crippen molar-refractivity contribution in [2.75, 3.05) is 14.1 Å². The highest BCUT2D eigenvalue weighted by molar-refractivity contribution is 5.90. The van der Waals surface area contributed by atoms with Crippen LogP contribution in [0.3, 0.4) is 0 Å². The van der Waals surface area contributed by atoms with Crippen LogP contribution in [-0.4, -0.2) is 29.1 Å². The predicted octanol–water partition coefficient (Wildman–Crippen LogP) is 4.21. The third kappa shape index (κ3) is 2.70. The number of hydrogen-bond acceptors (Lipinski definition) is 5. The van der Waals surface area contributed by atoms with Crippen LogP contribution < -0.4 is 0 Å². The summed E-state index contributed by atoms with van der Waals surface area (Å²) >= 11 is 0. The van der Waals surface area contributed by atoms with E-state index in [1.807, 2.05) is 68.7 Å². The second kappa shape index (κ2) is 5.94. The highest BCUT2D eigenvalue weighted by Gasteiger charge is 2.16. The Kier molecular flexibility index (Phi) is 3.63. The van der Waals surface area contributed by atoms with Crippen LogP contribution >= 0.6 is 0 Å². The van der Waals surface area contributed by atoms with Crippen LogP contribution in [0.25, 0.3) is 33.8 Å². The Balaban J connectivity index is 1.77. The third-order valence-electron chi connectivity index (χ3n) is 3.76. The van der Waals surface area contributed by atoms with E-state index in [0.717, 1.165) is 34.4 Å². The molecule has 0 fully saturated rings. The predicted molar refractivity (Wildman–Crippen MR) is 92.3 cm³/mol. The Morgan fingerprint density at radius 1 is 1.00 bits per heavy atom. The van der Waals surface area contributed by atoms with Gasteiger partial charge in [-0.3, -0.25) is 0 Å². The normalized spacial score (nSPS) is 11.5. The number of nitrogens with zero attached hydrogens (tertiary/aromatic N) is 3.